The van der Waals surface area contributed by atoms with Crippen LogP contribution in [0, 0.1) is 6.92 Å². The Labute approximate surface area is 111 Å². The van der Waals surface area contributed by atoms with Gasteiger partial charge in [-0.25, -0.2) is 9.78 Å². The molecule has 2 aromatic heterocycles. The summed E-state index contributed by atoms with van der Waals surface area (Å²) in [6, 6.07) is 3.62. The minimum absolute atomic E-state index is 0.225. The molecule has 0 amide bonds. The molecular weight excluding hydrogens is 244 g/mol. The van der Waals surface area contributed by atoms with E-state index in [1.165, 1.54) is 0 Å². The lowest BCUT2D eigenvalue weighted by atomic mass is 10.1. The minimum Gasteiger partial charge on any atom is -0.478 e. The Morgan fingerprint density at radius 3 is 2.89 bits per heavy atom. The predicted octanol–water partition coefficient (Wildman–Crippen LogP) is 1.48. The number of pyridine rings is 1. The Kier molecular flexibility index (Phi) is 3.79. The molecule has 0 bridgehead atoms. The maximum atomic E-state index is 11.2. The molecule has 2 N–H and O–H groups in total. The number of carboxylic acids is 1. The summed E-state index contributed by atoms with van der Waals surface area (Å²) in [5.41, 5.74) is 1.88. The molecule has 19 heavy (non-hydrogen) atoms. The lowest BCUT2D eigenvalue weighted by Gasteiger charge is -2.09. The maximum absolute atomic E-state index is 11.2. The number of aromatic carboxylic acids is 1. The number of carbonyl (C=O) groups is 1. The molecule has 2 aromatic rings. The van der Waals surface area contributed by atoms with Gasteiger partial charge in [0.05, 0.1) is 5.69 Å². The molecule has 6 heteroatoms. The molecule has 0 fully saturated rings. The minimum atomic E-state index is -0.967. The van der Waals surface area contributed by atoms with Gasteiger partial charge < -0.3 is 10.4 Å². The first kappa shape index (κ1) is 13.1. The summed E-state index contributed by atoms with van der Waals surface area (Å²) in [6.45, 7) is 2.35. The second-order valence-electron chi connectivity index (χ2n) is 4.31. The van der Waals surface area contributed by atoms with Crippen molar-refractivity contribution in [1.82, 2.24) is 14.8 Å². The number of nitrogens with one attached hydrogen (secondary N) is 1. The quantitative estimate of drug-likeness (QED) is 0.851. The van der Waals surface area contributed by atoms with Crippen LogP contribution in [0.3, 0.4) is 0 Å². The molecule has 6 nitrogen and oxygen atoms in total. The molecule has 2 heterocycles. The number of anilines is 1. The predicted molar refractivity (Wildman–Crippen MR) is 71.3 cm³/mol. The average Bonchev–Trinajstić information content (AvgIpc) is 2.74. The van der Waals surface area contributed by atoms with Crippen LogP contribution in [0.1, 0.15) is 21.6 Å². The van der Waals surface area contributed by atoms with Gasteiger partial charge in [-0.15, -0.1) is 0 Å². The fourth-order valence-electron chi connectivity index (χ4n) is 1.87. The van der Waals surface area contributed by atoms with Crippen LogP contribution in [-0.2, 0) is 13.5 Å². The van der Waals surface area contributed by atoms with E-state index in [0.29, 0.717) is 17.9 Å². The zero-order chi connectivity index (χ0) is 13.8. The van der Waals surface area contributed by atoms with Crippen molar-refractivity contribution in [2.24, 2.45) is 7.05 Å². The molecule has 0 saturated heterocycles. The smallest absolute Gasteiger partial charge is 0.339 e. The van der Waals surface area contributed by atoms with Crippen molar-refractivity contribution >= 4 is 11.8 Å². The SMILES string of the molecule is Cc1ccnc(NCCc2ccn(C)n2)c1C(=O)O. The lowest BCUT2D eigenvalue weighted by Crippen LogP contribution is -2.12. The molecule has 2 rings (SSSR count). The van der Waals surface area contributed by atoms with Crippen LogP contribution in [0.5, 0.6) is 0 Å². The molecule has 0 aromatic carbocycles. The van der Waals surface area contributed by atoms with Crippen LogP contribution in [0.4, 0.5) is 5.82 Å². The van der Waals surface area contributed by atoms with E-state index >= 15 is 0 Å². The van der Waals surface area contributed by atoms with Crippen LogP contribution in [0.2, 0.25) is 0 Å². The van der Waals surface area contributed by atoms with Gasteiger partial charge >= 0.3 is 5.97 Å². The van der Waals surface area contributed by atoms with Crippen LogP contribution in [0.25, 0.3) is 0 Å². The summed E-state index contributed by atoms with van der Waals surface area (Å²) in [6.07, 6.45) is 4.20. The van der Waals surface area contributed by atoms with Crippen LogP contribution >= 0.6 is 0 Å². The molecule has 0 atom stereocenters. The van der Waals surface area contributed by atoms with Crippen molar-refractivity contribution < 1.29 is 9.90 Å². The monoisotopic (exact) mass is 260 g/mol. The van der Waals surface area contributed by atoms with Gasteiger partial charge in [-0.1, -0.05) is 0 Å². The van der Waals surface area contributed by atoms with E-state index in [9.17, 15) is 9.90 Å². The van der Waals surface area contributed by atoms with Gasteiger partial charge in [0, 0.05) is 32.4 Å². The van der Waals surface area contributed by atoms with Crippen molar-refractivity contribution in [2.75, 3.05) is 11.9 Å². The molecule has 0 aliphatic carbocycles. The lowest BCUT2D eigenvalue weighted by molar-refractivity contribution is 0.0697. The van der Waals surface area contributed by atoms with Crippen LogP contribution in [-0.4, -0.2) is 32.4 Å². The first-order chi connectivity index (χ1) is 9.08. The molecule has 0 radical (unpaired) electrons. The standard InChI is InChI=1S/C13H16N4O2/c1-9-3-6-14-12(11(9)13(18)19)15-7-4-10-5-8-17(2)16-10/h3,5-6,8H,4,7H2,1-2H3,(H,14,15)(H,18,19). The summed E-state index contributed by atoms with van der Waals surface area (Å²) in [7, 11) is 1.86. The zero-order valence-corrected chi connectivity index (χ0v) is 10.9. The topological polar surface area (TPSA) is 80.0 Å². The summed E-state index contributed by atoms with van der Waals surface area (Å²) in [5.74, 6) is -0.561. The Hall–Kier alpha value is -2.37. The molecule has 0 unspecified atom stereocenters. The number of hydrogen-bond acceptors (Lipinski definition) is 4. The molecule has 0 saturated carbocycles. The molecule has 0 spiro atoms. The molecule has 0 aliphatic rings. The van der Waals surface area contributed by atoms with Gasteiger partial charge in [-0.3, -0.25) is 4.68 Å². The second kappa shape index (κ2) is 5.51. The van der Waals surface area contributed by atoms with E-state index in [0.717, 1.165) is 12.1 Å². The second-order valence-corrected chi connectivity index (χ2v) is 4.31. The number of carboxylic acid groups (broad SMARTS) is 1. The van der Waals surface area contributed by atoms with Gasteiger partial charge in [0.25, 0.3) is 0 Å². The third-order valence-electron chi connectivity index (χ3n) is 2.82. The first-order valence-electron chi connectivity index (χ1n) is 5.99. The Morgan fingerprint density at radius 2 is 2.26 bits per heavy atom. The normalized spacial score (nSPS) is 10.4. The van der Waals surface area contributed by atoms with E-state index < -0.39 is 5.97 Å². The Morgan fingerprint density at radius 1 is 1.47 bits per heavy atom. The van der Waals surface area contributed by atoms with Crippen molar-refractivity contribution in [3.05, 3.63) is 41.3 Å². The molecular formula is C13H16N4O2. The van der Waals surface area contributed by atoms with Gasteiger partial charge in [-0.05, 0) is 24.6 Å². The van der Waals surface area contributed by atoms with Crippen LogP contribution < -0.4 is 5.32 Å². The summed E-state index contributed by atoms with van der Waals surface area (Å²) >= 11 is 0. The largest absolute Gasteiger partial charge is 0.478 e. The number of rotatable bonds is 5. The first-order valence-corrected chi connectivity index (χ1v) is 5.99. The van der Waals surface area contributed by atoms with Crippen LogP contribution in [0.15, 0.2) is 24.5 Å². The van der Waals surface area contributed by atoms with Gasteiger partial charge in [-0.2, -0.15) is 5.10 Å². The van der Waals surface area contributed by atoms with Gasteiger partial charge in [0.15, 0.2) is 0 Å². The van der Waals surface area contributed by atoms with Gasteiger partial charge in [0.1, 0.15) is 11.4 Å². The molecule has 100 valence electrons. The Bertz CT molecular complexity index is 592. The van der Waals surface area contributed by atoms with Gasteiger partial charge in [0.2, 0.25) is 0 Å². The number of hydrogen-bond donors (Lipinski definition) is 2. The van der Waals surface area contributed by atoms with E-state index in [1.807, 2.05) is 19.3 Å². The maximum Gasteiger partial charge on any atom is 0.339 e. The summed E-state index contributed by atoms with van der Waals surface area (Å²) < 4.78 is 1.74. The summed E-state index contributed by atoms with van der Waals surface area (Å²) in [4.78, 5) is 15.3. The molecule has 0 aliphatic heterocycles. The van der Waals surface area contributed by atoms with E-state index in [1.54, 1.807) is 23.9 Å². The van der Waals surface area contributed by atoms with E-state index in [4.69, 9.17) is 0 Å². The average molecular weight is 260 g/mol. The number of aryl methyl sites for hydroxylation is 2. The zero-order valence-electron chi connectivity index (χ0n) is 10.9. The third-order valence-corrected chi connectivity index (χ3v) is 2.82. The number of nitrogens with zero attached hydrogens (tertiary/aromatic N) is 3. The highest BCUT2D eigenvalue weighted by Gasteiger charge is 2.13. The third kappa shape index (κ3) is 3.09. The van der Waals surface area contributed by atoms with E-state index in [-0.39, 0.29) is 5.56 Å². The fourth-order valence-corrected chi connectivity index (χ4v) is 1.87. The highest BCUT2D eigenvalue weighted by molar-refractivity contribution is 5.94. The highest BCUT2D eigenvalue weighted by Crippen LogP contribution is 2.16. The number of aromatic nitrogens is 3. The van der Waals surface area contributed by atoms with Crippen molar-refractivity contribution in [3.63, 3.8) is 0 Å². The van der Waals surface area contributed by atoms with E-state index in [2.05, 4.69) is 15.4 Å². The Balaban J connectivity index is 2.03. The highest BCUT2D eigenvalue weighted by atomic mass is 16.4. The fraction of sp³-hybridized carbons (Fsp3) is 0.308. The van der Waals surface area contributed by atoms with Crippen molar-refractivity contribution in [1.29, 1.82) is 0 Å². The van der Waals surface area contributed by atoms with Crippen molar-refractivity contribution in [3.8, 4) is 0 Å². The van der Waals surface area contributed by atoms with Crippen molar-refractivity contribution in [2.45, 2.75) is 13.3 Å². The summed E-state index contributed by atoms with van der Waals surface area (Å²) in [5, 5.41) is 16.5.